The number of aromatic hydroxyl groups is 1. The molecule has 47 heavy (non-hydrogen) atoms. The maximum atomic E-state index is 14.7. The Morgan fingerprint density at radius 2 is 1.53 bits per heavy atom. The van der Waals surface area contributed by atoms with Gasteiger partial charge in [-0.15, -0.1) is 0 Å². The van der Waals surface area contributed by atoms with Crippen LogP contribution in [0.5, 0.6) is 5.75 Å². The van der Waals surface area contributed by atoms with E-state index in [1.165, 1.54) is 12.1 Å². The van der Waals surface area contributed by atoms with Crippen molar-refractivity contribution in [2.75, 3.05) is 13.1 Å². The molecule has 0 fully saturated rings. The minimum atomic E-state index is -1.04. The lowest BCUT2D eigenvalue weighted by Gasteiger charge is -2.34. The molecule has 0 saturated heterocycles. The fourth-order valence-electron chi connectivity index (χ4n) is 5.93. The molecule has 0 bridgehead atoms. The van der Waals surface area contributed by atoms with E-state index in [2.05, 4.69) is 23.8 Å². The first-order valence-electron chi connectivity index (χ1n) is 16.6. The second-order valence-electron chi connectivity index (χ2n) is 12.0. The number of carbonyl (C=O) groups is 2. The molecule has 0 radical (unpaired) electrons. The summed E-state index contributed by atoms with van der Waals surface area (Å²) >= 11 is 0. The minimum absolute atomic E-state index is 0.0268. The molecule has 5 rings (SSSR count). The number of hydrogen-bond donors (Lipinski definition) is 3. The molecule has 0 aliphatic carbocycles. The highest BCUT2D eigenvalue weighted by Crippen LogP contribution is 2.25. The average molecular weight is 637 g/mol. The van der Waals surface area contributed by atoms with Crippen LogP contribution in [0.25, 0.3) is 21.8 Å². The number of nitrogens with one attached hydrogen (secondary N) is 2. The summed E-state index contributed by atoms with van der Waals surface area (Å²) in [6, 6.07) is 22.0. The number of nitrogens with zero attached hydrogens (tertiary/aromatic N) is 2. The third-order valence-electron chi connectivity index (χ3n) is 8.52. The lowest BCUT2D eigenvalue weighted by molar-refractivity contribution is -0.176. The van der Waals surface area contributed by atoms with E-state index in [0.717, 1.165) is 65.6 Å². The van der Waals surface area contributed by atoms with Gasteiger partial charge in [-0.25, -0.2) is 5.06 Å². The normalized spacial score (nSPS) is 12.0. The molecule has 3 aromatic carbocycles. The number of unbranched alkanes of at least 4 members (excludes halogenated alkanes) is 4. The van der Waals surface area contributed by atoms with Crippen LogP contribution in [0.15, 0.2) is 89.9 Å². The molecular formula is C38H44N4O5. The van der Waals surface area contributed by atoms with Gasteiger partial charge < -0.3 is 20.0 Å². The molecular weight excluding hydrogens is 592 g/mol. The highest BCUT2D eigenvalue weighted by molar-refractivity contribution is 5.98. The summed E-state index contributed by atoms with van der Waals surface area (Å²) in [5.41, 5.74) is 2.24. The number of amides is 2. The number of rotatable bonds is 16. The number of aromatic nitrogens is 2. The molecule has 3 N–H and O–H groups in total. The predicted molar refractivity (Wildman–Crippen MR) is 185 cm³/mol. The van der Waals surface area contributed by atoms with Crippen LogP contribution in [0.1, 0.15) is 74.0 Å². The highest BCUT2D eigenvalue weighted by Gasteiger charge is 2.36. The van der Waals surface area contributed by atoms with E-state index in [1.54, 1.807) is 12.1 Å². The summed E-state index contributed by atoms with van der Waals surface area (Å²) in [6.45, 7) is 5.43. The Bertz CT molecular complexity index is 1840. The van der Waals surface area contributed by atoms with Crippen LogP contribution in [0.2, 0.25) is 0 Å². The monoisotopic (exact) mass is 636 g/mol. The lowest BCUT2D eigenvalue weighted by atomic mass is 10.0. The van der Waals surface area contributed by atoms with Crippen molar-refractivity contribution in [2.24, 2.45) is 0 Å². The van der Waals surface area contributed by atoms with Crippen LogP contribution in [-0.2, 0) is 22.7 Å². The smallest absolute Gasteiger partial charge is 0.294 e. The van der Waals surface area contributed by atoms with Gasteiger partial charge in [0.2, 0.25) is 5.91 Å². The van der Waals surface area contributed by atoms with Gasteiger partial charge in [-0.3, -0.25) is 19.2 Å². The summed E-state index contributed by atoms with van der Waals surface area (Å²) in [4.78, 5) is 56.8. The molecule has 0 unspecified atom stereocenters. The molecule has 0 saturated carbocycles. The number of aromatic amines is 2. The Morgan fingerprint density at radius 3 is 2.26 bits per heavy atom. The number of hydrogen-bond acceptors (Lipinski definition) is 5. The zero-order valence-corrected chi connectivity index (χ0v) is 27.2. The minimum Gasteiger partial charge on any atom is -0.506 e. The lowest BCUT2D eigenvalue weighted by Crippen LogP contribution is -2.52. The van der Waals surface area contributed by atoms with E-state index in [9.17, 15) is 19.5 Å². The molecule has 2 heterocycles. The van der Waals surface area contributed by atoms with Gasteiger partial charge in [0, 0.05) is 48.1 Å². The molecule has 5 aromatic rings. The van der Waals surface area contributed by atoms with E-state index < -0.39 is 17.4 Å². The number of fused-ring (bicyclic) bond motifs is 2. The van der Waals surface area contributed by atoms with Crippen molar-refractivity contribution in [1.82, 2.24) is 19.9 Å². The van der Waals surface area contributed by atoms with Crippen LogP contribution in [0.4, 0.5) is 0 Å². The van der Waals surface area contributed by atoms with Crippen molar-refractivity contribution in [3.05, 3.63) is 112 Å². The SMILES string of the molecule is CCCCCN(CCCCC)C(=O)[C@H](Cc1c[nH]c2ccccc12)N(OCc1ccccc1)C(=O)c1cc(=O)c2cccc(O)c2[nH]1. The molecule has 0 spiro atoms. The first kappa shape index (κ1) is 33.5. The molecule has 0 aliphatic heterocycles. The fraction of sp³-hybridized carbons (Fsp3) is 0.342. The number of phenolic OH excluding ortho intramolecular Hbond substituents is 1. The standard InChI is InChI=1S/C38H44N4O5/c1-3-5-12-21-41(22-13-6-4-2)38(46)33(23-28-25-39-31-19-11-10-17-29(28)31)42(47-26-27-15-8-7-9-16-27)37(45)32-24-35(44)30-18-14-20-34(43)36(30)40-32/h7-11,14-20,24-25,33,39,43H,3-6,12-13,21-23,26H2,1-2H3,(H,40,44)/t33-/m0/s1. The largest absolute Gasteiger partial charge is 0.506 e. The van der Waals surface area contributed by atoms with E-state index in [1.807, 2.05) is 65.7 Å². The second kappa shape index (κ2) is 16.1. The number of H-pyrrole nitrogens is 2. The van der Waals surface area contributed by atoms with Gasteiger partial charge in [0.15, 0.2) is 5.43 Å². The van der Waals surface area contributed by atoms with Crippen LogP contribution in [-0.4, -0.2) is 56.0 Å². The van der Waals surface area contributed by atoms with Crippen LogP contribution >= 0.6 is 0 Å². The summed E-state index contributed by atoms with van der Waals surface area (Å²) < 4.78 is 0. The molecule has 1 atom stereocenters. The van der Waals surface area contributed by atoms with E-state index in [4.69, 9.17) is 4.84 Å². The number of hydroxylamine groups is 2. The molecule has 9 heteroatoms. The zero-order valence-electron chi connectivity index (χ0n) is 27.2. The van der Waals surface area contributed by atoms with Crippen molar-refractivity contribution in [3.63, 3.8) is 0 Å². The Hall–Kier alpha value is -4.89. The average Bonchev–Trinajstić information content (AvgIpc) is 3.50. The van der Waals surface area contributed by atoms with Crippen molar-refractivity contribution in [1.29, 1.82) is 0 Å². The van der Waals surface area contributed by atoms with Crippen LogP contribution in [0.3, 0.4) is 0 Å². The topological polar surface area (TPSA) is 119 Å². The van der Waals surface area contributed by atoms with Crippen molar-refractivity contribution >= 4 is 33.6 Å². The molecule has 246 valence electrons. The van der Waals surface area contributed by atoms with Gasteiger partial charge in [0.05, 0.1) is 5.52 Å². The number of pyridine rings is 1. The van der Waals surface area contributed by atoms with Gasteiger partial charge in [0.25, 0.3) is 5.91 Å². The third kappa shape index (κ3) is 8.10. The van der Waals surface area contributed by atoms with Gasteiger partial charge in [-0.2, -0.15) is 0 Å². The Labute approximate surface area is 275 Å². The number of benzene rings is 3. The van der Waals surface area contributed by atoms with E-state index in [-0.39, 0.29) is 41.3 Å². The first-order chi connectivity index (χ1) is 22.9. The molecule has 2 amide bonds. The second-order valence-corrected chi connectivity index (χ2v) is 12.0. The zero-order chi connectivity index (χ0) is 33.2. The first-order valence-corrected chi connectivity index (χ1v) is 16.6. The molecule has 9 nitrogen and oxygen atoms in total. The quantitative estimate of drug-likeness (QED) is 0.0788. The maximum absolute atomic E-state index is 14.7. The van der Waals surface area contributed by atoms with Crippen LogP contribution in [0, 0.1) is 0 Å². The van der Waals surface area contributed by atoms with Crippen molar-refractivity contribution in [3.8, 4) is 5.75 Å². The van der Waals surface area contributed by atoms with Gasteiger partial charge in [-0.05, 0) is 42.2 Å². The van der Waals surface area contributed by atoms with Gasteiger partial charge in [-0.1, -0.05) is 94.1 Å². The third-order valence-corrected chi connectivity index (χ3v) is 8.52. The van der Waals surface area contributed by atoms with E-state index >= 15 is 0 Å². The van der Waals surface area contributed by atoms with E-state index in [0.29, 0.717) is 13.1 Å². The van der Waals surface area contributed by atoms with Gasteiger partial charge in [0.1, 0.15) is 24.1 Å². The molecule has 2 aromatic heterocycles. The van der Waals surface area contributed by atoms with Crippen LogP contribution < -0.4 is 5.43 Å². The fourth-order valence-corrected chi connectivity index (χ4v) is 5.93. The van der Waals surface area contributed by atoms with Crippen molar-refractivity contribution in [2.45, 2.75) is 71.4 Å². The summed E-state index contributed by atoms with van der Waals surface area (Å²) in [5, 5.41) is 12.9. The maximum Gasteiger partial charge on any atom is 0.294 e. The predicted octanol–water partition coefficient (Wildman–Crippen LogP) is 7.11. The Morgan fingerprint density at radius 1 is 0.851 bits per heavy atom. The number of carbonyl (C=O) groups excluding carboxylic acids is 2. The Balaban J connectivity index is 1.60. The summed E-state index contributed by atoms with van der Waals surface area (Å²) in [5.74, 6) is -1.05. The van der Waals surface area contributed by atoms with Crippen molar-refractivity contribution < 1.29 is 19.5 Å². The Kier molecular flexibility index (Phi) is 11.5. The highest BCUT2D eigenvalue weighted by atomic mass is 16.7. The molecule has 0 aliphatic rings. The van der Waals surface area contributed by atoms with Gasteiger partial charge >= 0.3 is 0 Å². The summed E-state index contributed by atoms with van der Waals surface area (Å²) in [7, 11) is 0. The number of phenols is 1. The summed E-state index contributed by atoms with van der Waals surface area (Å²) in [6.07, 6.45) is 7.77. The number of para-hydroxylation sites is 2.